The molecule has 19 heavy (non-hydrogen) atoms. The maximum absolute atomic E-state index is 11.2. The SMILES string of the molecule is CCCCCCC(OC(C)=O)c1cccc(CBr)c1. The molecule has 0 radical (unpaired) electrons. The van der Waals surface area contributed by atoms with E-state index in [1.165, 1.54) is 31.7 Å². The van der Waals surface area contributed by atoms with Gasteiger partial charge in [-0.3, -0.25) is 4.79 Å². The number of alkyl halides is 1. The minimum absolute atomic E-state index is 0.103. The van der Waals surface area contributed by atoms with Gasteiger partial charge in [-0.25, -0.2) is 0 Å². The molecule has 1 atom stereocenters. The number of carbonyl (C=O) groups is 1. The average molecular weight is 327 g/mol. The van der Waals surface area contributed by atoms with Gasteiger partial charge in [0.1, 0.15) is 6.10 Å². The number of benzene rings is 1. The Morgan fingerprint density at radius 2 is 2.11 bits per heavy atom. The van der Waals surface area contributed by atoms with Crippen molar-refractivity contribution < 1.29 is 9.53 Å². The highest BCUT2D eigenvalue weighted by atomic mass is 79.9. The summed E-state index contributed by atoms with van der Waals surface area (Å²) in [6, 6.07) is 8.25. The molecule has 1 aromatic rings. The maximum atomic E-state index is 11.2. The van der Waals surface area contributed by atoms with E-state index in [0.717, 1.165) is 23.7 Å². The van der Waals surface area contributed by atoms with Gasteiger partial charge in [-0.1, -0.05) is 66.4 Å². The van der Waals surface area contributed by atoms with Gasteiger partial charge >= 0.3 is 5.97 Å². The summed E-state index contributed by atoms with van der Waals surface area (Å²) in [5.74, 6) is -0.204. The van der Waals surface area contributed by atoms with E-state index in [2.05, 4.69) is 35.0 Å². The molecular formula is C16H23BrO2. The van der Waals surface area contributed by atoms with E-state index in [1.807, 2.05) is 12.1 Å². The van der Waals surface area contributed by atoms with Crippen molar-refractivity contribution in [3.05, 3.63) is 35.4 Å². The second-order valence-electron chi connectivity index (χ2n) is 4.83. The van der Waals surface area contributed by atoms with Gasteiger partial charge in [0.05, 0.1) is 0 Å². The third-order valence-electron chi connectivity index (χ3n) is 3.11. The van der Waals surface area contributed by atoms with E-state index in [1.54, 1.807) is 0 Å². The summed E-state index contributed by atoms with van der Waals surface area (Å²) in [4.78, 5) is 11.2. The fraction of sp³-hybridized carbons (Fsp3) is 0.562. The zero-order valence-electron chi connectivity index (χ0n) is 11.8. The van der Waals surface area contributed by atoms with Crippen molar-refractivity contribution in [3.63, 3.8) is 0 Å². The minimum Gasteiger partial charge on any atom is -0.458 e. The maximum Gasteiger partial charge on any atom is 0.303 e. The summed E-state index contributed by atoms with van der Waals surface area (Å²) >= 11 is 3.46. The average Bonchev–Trinajstić information content (AvgIpc) is 2.42. The number of ether oxygens (including phenoxy) is 1. The summed E-state index contributed by atoms with van der Waals surface area (Å²) in [5.41, 5.74) is 2.31. The third kappa shape index (κ3) is 6.24. The van der Waals surface area contributed by atoms with Crippen LogP contribution in [0, 0.1) is 0 Å². The monoisotopic (exact) mass is 326 g/mol. The van der Waals surface area contributed by atoms with E-state index >= 15 is 0 Å². The molecule has 0 saturated carbocycles. The first kappa shape index (κ1) is 16.2. The minimum atomic E-state index is -0.204. The standard InChI is InChI=1S/C16H23BrO2/c1-3-4-5-6-10-16(19-13(2)18)15-9-7-8-14(11-15)12-17/h7-9,11,16H,3-6,10,12H2,1-2H3. The molecule has 0 aliphatic carbocycles. The highest BCUT2D eigenvalue weighted by Crippen LogP contribution is 2.25. The molecule has 1 aromatic carbocycles. The predicted octanol–water partition coefficient (Wildman–Crippen LogP) is 5.16. The molecule has 0 heterocycles. The lowest BCUT2D eigenvalue weighted by Gasteiger charge is -2.18. The summed E-state index contributed by atoms with van der Waals surface area (Å²) in [6.45, 7) is 3.68. The first-order valence-corrected chi connectivity index (χ1v) is 8.11. The molecule has 0 aliphatic heterocycles. The lowest BCUT2D eigenvalue weighted by Crippen LogP contribution is -2.09. The number of esters is 1. The summed E-state index contributed by atoms with van der Waals surface area (Å²) < 4.78 is 5.46. The van der Waals surface area contributed by atoms with Crippen molar-refractivity contribution in [1.29, 1.82) is 0 Å². The summed E-state index contributed by atoms with van der Waals surface area (Å²) in [7, 11) is 0. The van der Waals surface area contributed by atoms with Crippen LogP contribution in [-0.2, 0) is 14.9 Å². The molecule has 0 aliphatic rings. The fourth-order valence-corrected chi connectivity index (χ4v) is 2.48. The van der Waals surface area contributed by atoms with Crippen LogP contribution >= 0.6 is 15.9 Å². The smallest absolute Gasteiger partial charge is 0.303 e. The number of hydrogen-bond donors (Lipinski definition) is 0. The Morgan fingerprint density at radius 1 is 1.32 bits per heavy atom. The lowest BCUT2D eigenvalue weighted by molar-refractivity contribution is -0.147. The Balaban J connectivity index is 2.68. The fourth-order valence-electron chi connectivity index (χ4n) is 2.13. The molecule has 0 amide bonds. The molecule has 0 spiro atoms. The largest absolute Gasteiger partial charge is 0.458 e. The number of unbranched alkanes of at least 4 members (excludes halogenated alkanes) is 3. The molecule has 1 unspecified atom stereocenters. The normalized spacial score (nSPS) is 12.2. The summed E-state index contributed by atoms with van der Waals surface area (Å²) in [5, 5.41) is 0.823. The third-order valence-corrected chi connectivity index (χ3v) is 3.75. The first-order valence-electron chi connectivity index (χ1n) is 6.99. The second kappa shape index (κ2) is 9.13. The topological polar surface area (TPSA) is 26.3 Å². The molecule has 0 aromatic heterocycles. The Morgan fingerprint density at radius 3 is 2.74 bits per heavy atom. The van der Waals surface area contributed by atoms with Crippen molar-refractivity contribution in [1.82, 2.24) is 0 Å². The van der Waals surface area contributed by atoms with Crippen LogP contribution in [0.4, 0.5) is 0 Å². The van der Waals surface area contributed by atoms with Crippen molar-refractivity contribution in [3.8, 4) is 0 Å². The van der Waals surface area contributed by atoms with E-state index < -0.39 is 0 Å². The van der Waals surface area contributed by atoms with Crippen LogP contribution in [0.25, 0.3) is 0 Å². The van der Waals surface area contributed by atoms with Gasteiger partial charge in [-0.15, -0.1) is 0 Å². The zero-order chi connectivity index (χ0) is 14.1. The van der Waals surface area contributed by atoms with Crippen LogP contribution in [0.2, 0.25) is 0 Å². The van der Waals surface area contributed by atoms with Crippen molar-refractivity contribution in [2.75, 3.05) is 0 Å². The van der Waals surface area contributed by atoms with Gasteiger partial charge in [0, 0.05) is 12.3 Å². The van der Waals surface area contributed by atoms with E-state index in [9.17, 15) is 4.79 Å². The first-order chi connectivity index (χ1) is 9.17. The molecular weight excluding hydrogens is 304 g/mol. The quantitative estimate of drug-likeness (QED) is 0.375. The van der Waals surface area contributed by atoms with Gasteiger partial charge in [-0.2, -0.15) is 0 Å². The van der Waals surface area contributed by atoms with E-state index in [-0.39, 0.29) is 12.1 Å². The molecule has 0 saturated heterocycles. The molecule has 3 heteroatoms. The lowest BCUT2D eigenvalue weighted by atomic mass is 10.0. The Kier molecular flexibility index (Phi) is 7.80. The van der Waals surface area contributed by atoms with Crippen molar-refractivity contribution in [2.45, 2.75) is 57.4 Å². The number of halogens is 1. The zero-order valence-corrected chi connectivity index (χ0v) is 13.4. The highest BCUT2D eigenvalue weighted by molar-refractivity contribution is 9.08. The van der Waals surface area contributed by atoms with Crippen LogP contribution in [0.3, 0.4) is 0 Å². The van der Waals surface area contributed by atoms with Crippen LogP contribution in [-0.4, -0.2) is 5.97 Å². The second-order valence-corrected chi connectivity index (χ2v) is 5.39. The number of rotatable bonds is 8. The van der Waals surface area contributed by atoms with Gasteiger partial charge < -0.3 is 4.74 Å². The highest BCUT2D eigenvalue weighted by Gasteiger charge is 2.14. The van der Waals surface area contributed by atoms with Crippen LogP contribution in [0.15, 0.2) is 24.3 Å². The molecule has 0 N–H and O–H groups in total. The molecule has 0 bridgehead atoms. The predicted molar refractivity (Wildman–Crippen MR) is 82.3 cm³/mol. The Labute approximate surface area is 124 Å². The summed E-state index contributed by atoms with van der Waals surface area (Å²) in [6.07, 6.45) is 5.57. The van der Waals surface area contributed by atoms with E-state index in [0.29, 0.717) is 0 Å². The Bertz CT molecular complexity index is 390. The van der Waals surface area contributed by atoms with Crippen LogP contribution in [0.1, 0.15) is 63.2 Å². The van der Waals surface area contributed by atoms with E-state index in [4.69, 9.17) is 4.74 Å². The van der Waals surface area contributed by atoms with Gasteiger partial charge in [0.15, 0.2) is 0 Å². The van der Waals surface area contributed by atoms with Crippen LogP contribution in [0.5, 0.6) is 0 Å². The molecule has 106 valence electrons. The van der Waals surface area contributed by atoms with Gasteiger partial charge in [-0.05, 0) is 24.0 Å². The van der Waals surface area contributed by atoms with Crippen molar-refractivity contribution in [2.24, 2.45) is 0 Å². The molecule has 2 nitrogen and oxygen atoms in total. The number of hydrogen-bond acceptors (Lipinski definition) is 2. The number of carbonyl (C=O) groups excluding carboxylic acids is 1. The Hall–Kier alpha value is -0.830. The van der Waals surface area contributed by atoms with Crippen LogP contribution < -0.4 is 0 Å². The molecule has 0 fully saturated rings. The van der Waals surface area contributed by atoms with Crippen molar-refractivity contribution >= 4 is 21.9 Å². The van der Waals surface area contributed by atoms with Gasteiger partial charge in [0.2, 0.25) is 0 Å². The molecule has 1 rings (SSSR count). The van der Waals surface area contributed by atoms with Gasteiger partial charge in [0.25, 0.3) is 0 Å².